The summed E-state index contributed by atoms with van der Waals surface area (Å²) in [5.41, 5.74) is 1.15. The molecule has 1 aromatic heterocycles. The lowest BCUT2D eigenvalue weighted by Gasteiger charge is -2.17. The molecule has 142 valence electrons. The summed E-state index contributed by atoms with van der Waals surface area (Å²) in [6, 6.07) is 6.94. The lowest BCUT2D eigenvalue weighted by atomic mass is 9.91. The van der Waals surface area contributed by atoms with Crippen LogP contribution in [0.4, 0.5) is 0 Å². The molecule has 0 fully saturated rings. The van der Waals surface area contributed by atoms with Crippen molar-refractivity contribution in [3.05, 3.63) is 56.9 Å². The molecule has 0 spiro atoms. The summed E-state index contributed by atoms with van der Waals surface area (Å²) in [5, 5.41) is 18.9. The van der Waals surface area contributed by atoms with Crippen LogP contribution in [0.2, 0.25) is 0 Å². The van der Waals surface area contributed by atoms with Gasteiger partial charge in [-0.05, 0) is 37.3 Å². The molecule has 0 saturated carbocycles. The highest BCUT2D eigenvalue weighted by molar-refractivity contribution is 6.31. The van der Waals surface area contributed by atoms with Gasteiger partial charge in [-0.15, -0.1) is 0 Å². The Bertz CT molecular complexity index is 1100. The maximum Gasteiger partial charge on any atom is 0.339 e. The molecule has 0 saturated heterocycles. The van der Waals surface area contributed by atoms with Gasteiger partial charge in [-0.2, -0.15) is 10.5 Å². The number of rotatable bonds is 6. The van der Waals surface area contributed by atoms with Gasteiger partial charge in [-0.1, -0.05) is 23.8 Å². The van der Waals surface area contributed by atoms with Gasteiger partial charge in [0.1, 0.15) is 29.2 Å². The highest BCUT2D eigenvalue weighted by atomic mass is 35.5. The number of fused-ring (bicyclic) bond motifs is 1. The van der Waals surface area contributed by atoms with Crippen molar-refractivity contribution in [3.63, 3.8) is 0 Å². The van der Waals surface area contributed by atoms with Crippen LogP contribution in [-0.2, 0) is 6.42 Å². The lowest BCUT2D eigenvalue weighted by molar-refractivity contribution is 0.351. The molecule has 7 heteroatoms. The molecule has 0 N–H and O–H groups in total. The SMILES string of the molecule is Cc1c(CC2C=CC(Cl)=CC2)c(=O)oc2cc(OCC#N)cc(OCC#N)c12. The maximum atomic E-state index is 12.6. The first-order chi connectivity index (χ1) is 13.5. The van der Waals surface area contributed by atoms with Crippen LogP contribution in [0.5, 0.6) is 11.5 Å². The topological polar surface area (TPSA) is 96.2 Å². The van der Waals surface area contributed by atoms with Crippen LogP contribution in [-0.4, -0.2) is 13.2 Å². The number of allylic oxidation sites excluding steroid dienone is 4. The molecule has 6 nitrogen and oxygen atoms in total. The fourth-order valence-electron chi connectivity index (χ4n) is 3.19. The van der Waals surface area contributed by atoms with Gasteiger partial charge in [0.2, 0.25) is 0 Å². The van der Waals surface area contributed by atoms with Crippen LogP contribution in [0, 0.1) is 35.5 Å². The highest BCUT2D eigenvalue weighted by Crippen LogP contribution is 2.35. The third kappa shape index (κ3) is 4.19. The van der Waals surface area contributed by atoms with Crippen LogP contribution in [0.3, 0.4) is 0 Å². The zero-order chi connectivity index (χ0) is 20.1. The molecule has 1 atom stereocenters. The quantitative estimate of drug-likeness (QED) is 0.680. The Morgan fingerprint density at radius 2 is 2.00 bits per heavy atom. The molecule has 2 aromatic rings. The molecule has 1 aliphatic rings. The average molecular weight is 397 g/mol. The smallest absolute Gasteiger partial charge is 0.339 e. The molecule has 0 amide bonds. The molecule has 0 radical (unpaired) electrons. The zero-order valence-electron chi connectivity index (χ0n) is 15.2. The minimum Gasteiger partial charge on any atom is -0.478 e. The minimum absolute atomic E-state index is 0.142. The van der Waals surface area contributed by atoms with E-state index in [1.165, 1.54) is 0 Å². The summed E-state index contributed by atoms with van der Waals surface area (Å²) >= 11 is 5.97. The van der Waals surface area contributed by atoms with Crippen molar-refractivity contribution in [3.8, 4) is 23.6 Å². The van der Waals surface area contributed by atoms with Crippen LogP contribution < -0.4 is 15.1 Å². The van der Waals surface area contributed by atoms with Gasteiger partial charge in [0.05, 0.1) is 5.39 Å². The minimum atomic E-state index is -0.428. The van der Waals surface area contributed by atoms with E-state index in [-0.39, 0.29) is 24.7 Å². The predicted octanol–water partition coefficient (Wildman–Crippen LogP) is 4.15. The van der Waals surface area contributed by atoms with E-state index in [0.29, 0.717) is 33.9 Å². The van der Waals surface area contributed by atoms with Crippen molar-refractivity contribution in [1.82, 2.24) is 0 Å². The van der Waals surface area contributed by atoms with Gasteiger partial charge >= 0.3 is 5.63 Å². The van der Waals surface area contributed by atoms with E-state index < -0.39 is 5.63 Å². The number of halogens is 1. The van der Waals surface area contributed by atoms with Crippen molar-refractivity contribution < 1.29 is 13.9 Å². The number of benzene rings is 1. The van der Waals surface area contributed by atoms with Crippen molar-refractivity contribution >= 4 is 22.6 Å². The number of nitrogens with zero attached hydrogens (tertiary/aromatic N) is 2. The number of hydrogen-bond donors (Lipinski definition) is 0. The van der Waals surface area contributed by atoms with Gasteiger partial charge in [0.25, 0.3) is 0 Å². The number of nitriles is 2. The second-order valence-corrected chi connectivity index (χ2v) is 6.77. The average Bonchev–Trinajstić information content (AvgIpc) is 2.68. The van der Waals surface area contributed by atoms with Crippen molar-refractivity contribution in [2.75, 3.05) is 13.2 Å². The molecule has 1 unspecified atom stereocenters. The van der Waals surface area contributed by atoms with E-state index in [4.69, 9.17) is 36.0 Å². The normalized spacial score (nSPS) is 15.6. The standard InChI is InChI=1S/C21H17ClN2O4/c1-13-17(10-14-2-4-15(22)5-3-14)21(25)28-19-12-16(26-8-6-23)11-18(20(13)19)27-9-7-24/h2,4-5,11-12,14H,3,8-10H2,1H3. The highest BCUT2D eigenvalue weighted by Gasteiger charge is 2.20. The van der Waals surface area contributed by atoms with E-state index in [2.05, 4.69) is 0 Å². The third-order valence-corrected chi connectivity index (χ3v) is 4.80. The second-order valence-electron chi connectivity index (χ2n) is 6.33. The van der Waals surface area contributed by atoms with E-state index in [0.717, 1.165) is 12.0 Å². The molecule has 0 aliphatic heterocycles. The second kappa shape index (κ2) is 8.65. The fourth-order valence-corrected chi connectivity index (χ4v) is 3.35. The first kappa shape index (κ1) is 19.5. The summed E-state index contributed by atoms with van der Waals surface area (Å²) in [6.07, 6.45) is 6.98. The Hall–Kier alpha value is -3.22. The van der Waals surface area contributed by atoms with E-state index in [9.17, 15) is 4.79 Å². The fraction of sp³-hybridized carbons (Fsp3) is 0.286. The molecule has 28 heavy (non-hydrogen) atoms. The predicted molar refractivity (Wildman–Crippen MR) is 104 cm³/mol. The van der Waals surface area contributed by atoms with Crippen molar-refractivity contribution in [2.45, 2.75) is 19.8 Å². The van der Waals surface area contributed by atoms with E-state index in [1.54, 1.807) is 12.1 Å². The third-order valence-electron chi connectivity index (χ3n) is 4.52. The van der Waals surface area contributed by atoms with Gasteiger partial charge in [0, 0.05) is 22.7 Å². The Kier molecular flexibility index (Phi) is 6.03. The van der Waals surface area contributed by atoms with Gasteiger partial charge < -0.3 is 13.9 Å². The Balaban J connectivity index is 2.07. The Morgan fingerprint density at radius 3 is 2.68 bits per heavy atom. The van der Waals surface area contributed by atoms with Crippen LogP contribution in [0.15, 0.2) is 44.6 Å². The van der Waals surface area contributed by atoms with Crippen molar-refractivity contribution in [1.29, 1.82) is 10.5 Å². The van der Waals surface area contributed by atoms with Crippen molar-refractivity contribution in [2.24, 2.45) is 5.92 Å². The van der Waals surface area contributed by atoms with Crippen LogP contribution in [0.1, 0.15) is 17.5 Å². The molecular weight excluding hydrogens is 380 g/mol. The van der Waals surface area contributed by atoms with Crippen LogP contribution in [0.25, 0.3) is 11.0 Å². The summed E-state index contributed by atoms with van der Waals surface area (Å²) in [5.74, 6) is 0.840. The first-order valence-corrected chi connectivity index (χ1v) is 9.05. The van der Waals surface area contributed by atoms with Gasteiger partial charge in [-0.25, -0.2) is 4.79 Å². The molecule has 1 aliphatic carbocycles. The molecule has 3 rings (SSSR count). The van der Waals surface area contributed by atoms with E-state index in [1.807, 2.05) is 37.3 Å². The Labute approximate surface area is 166 Å². The first-order valence-electron chi connectivity index (χ1n) is 8.67. The maximum absolute atomic E-state index is 12.6. The largest absolute Gasteiger partial charge is 0.478 e. The molecule has 0 bridgehead atoms. The summed E-state index contributed by atoms with van der Waals surface area (Å²) in [4.78, 5) is 12.6. The zero-order valence-corrected chi connectivity index (χ0v) is 16.0. The lowest BCUT2D eigenvalue weighted by Crippen LogP contribution is -2.15. The molecule has 1 heterocycles. The van der Waals surface area contributed by atoms with Crippen LogP contribution >= 0.6 is 11.6 Å². The summed E-state index contributed by atoms with van der Waals surface area (Å²) in [6.45, 7) is 1.51. The Morgan fingerprint density at radius 1 is 1.25 bits per heavy atom. The van der Waals surface area contributed by atoms with Gasteiger partial charge in [-0.3, -0.25) is 0 Å². The summed E-state index contributed by atoms with van der Waals surface area (Å²) < 4.78 is 16.4. The number of ether oxygens (including phenoxy) is 2. The molecular formula is C21H17ClN2O4. The molecule has 1 aromatic carbocycles. The summed E-state index contributed by atoms with van der Waals surface area (Å²) in [7, 11) is 0. The monoisotopic (exact) mass is 396 g/mol. The van der Waals surface area contributed by atoms with E-state index >= 15 is 0 Å². The number of aryl methyl sites for hydroxylation is 1. The number of hydrogen-bond acceptors (Lipinski definition) is 6. The van der Waals surface area contributed by atoms with Gasteiger partial charge in [0.15, 0.2) is 13.2 Å².